The van der Waals surface area contributed by atoms with Crippen LogP contribution in [0, 0.1) is 5.41 Å². The van der Waals surface area contributed by atoms with Gasteiger partial charge in [-0.1, -0.05) is 20.8 Å². The fourth-order valence-corrected chi connectivity index (χ4v) is 1.39. The molecule has 0 bridgehead atoms. The first kappa shape index (κ1) is 16.7. The molecule has 0 saturated carbocycles. The maximum Gasteiger partial charge on any atom is 0.389 e. The first-order valence-corrected chi connectivity index (χ1v) is 6.16. The lowest BCUT2D eigenvalue weighted by Crippen LogP contribution is -2.37. The average Bonchev–Trinajstić information content (AvgIpc) is 2.12. The third-order valence-electron chi connectivity index (χ3n) is 2.81. The van der Waals surface area contributed by atoms with Crippen LogP contribution in [0.2, 0.25) is 0 Å². The smallest absolute Gasteiger partial charge is 0.327 e. The maximum absolute atomic E-state index is 11.8. The Balaban J connectivity index is 3.36. The van der Waals surface area contributed by atoms with Crippen molar-refractivity contribution in [2.24, 2.45) is 11.1 Å². The highest BCUT2D eigenvalue weighted by molar-refractivity contribution is 4.77. The lowest BCUT2D eigenvalue weighted by Gasteiger charge is -2.27. The summed E-state index contributed by atoms with van der Waals surface area (Å²) in [6.07, 6.45) is -3.10. The van der Waals surface area contributed by atoms with Crippen molar-refractivity contribution >= 4 is 0 Å². The second-order valence-corrected chi connectivity index (χ2v) is 5.58. The van der Waals surface area contributed by atoms with Gasteiger partial charge in [0.05, 0.1) is 0 Å². The van der Waals surface area contributed by atoms with E-state index < -0.39 is 12.6 Å². The highest BCUT2D eigenvalue weighted by Crippen LogP contribution is 2.22. The van der Waals surface area contributed by atoms with Gasteiger partial charge in [-0.05, 0) is 37.8 Å². The third kappa shape index (κ3) is 10.6. The van der Waals surface area contributed by atoms with E-state index in [1.54, 1.807) is 0 Å². The van der Waals surface area contributed by atoms with Crippen LogP contribution in [0.15, 0.2) is 0 Å². The zero-order valence-electron chi connectivity index (χ0n) is 11.0. The summed E-state index contributed by atoms with van der Waals surface area (Å²) >= 11 is 0. The van der Waals surface area contributed by atoms with Crippen molar-refractivity contribution in [2.45, 2.75) is 58.7 Å². The van der Waals surface area contributed by atoms with Gasteiger partial charge in [-0.15, -0.1) is 0 Å². The summed E-state index contributed by atoms with van der Waals surface area (Å²) < 4.78 is 35.5. The van der Waals surface area contributed by atoms with Crippen molar-refractivity contribution in [1.82, 2.24) is 5.32 Å². The van der Waals surface area contributed by atoms with Gasteiger partial charge < -0.3 is 11.1 Å². The summed E-state index contributed by atoms with van der Waals surface area (Å²) in [5, 5.41) is 3.13. The Hall–Kier alpha value is -0.290. The van der Waals surface area contributed by atoms with E-state index in [2.05, 4.69) is 26.1 Å². The average molecular weight is 254 g/mol. The molecule has 1 unspecified atom stereocenters. The second-order valence-electron chi connectivity index (χ2n) is 5.58. The highest BCUT2D eigenvalue weighted by atomic mass is 19.4. The molecule has 5 heteroatoms. The normalized spacial score (nSPS) is 15.0. The fourth-order valence-electron chi connectivity index (χ4n) is 1.39. The summed E-state index contributed by atoms with van der Waals surface area (Å²) in [7, 11) is 0. The molecule has 0 fully saturated rings. The Labute approximate surface area is 102 Å². The van der Waals surface area contributed by atoms with Crippen LogP contribution in [0.25, 0.3) is 0 Å². The molecule has 0 amide bonds. The summed E-state index contributed by atoms with van der Waals surface area (Å²) in [5.74, 6) is 0. The summed E-state index contributed by atoms with van der Waals surface area (Å²) in [5.41, 5.74) is 6.04. The minimum Gasteiger partial charge on any atom is -0.327 e. The first-order valence-electron chi connectivity index (χ1n) is 6.16. The predicted molar refractivity (Wildman–Crippen MR) is 64.8 cm³/mol. The molecule has 0 rings (SSSR count). The van der Waals surface area contributed by atoms with E-state index in [4.69, 9.17) is 5.73 Å². The zero-order chi connectivity index (χ0) is 13.5. The molecule has 0 aromatic rings. The molecule has 0 aliphatic rings. The SMILES string of the molecule is CC(C)(C)C(N)CCNCCCCC(F)(F)F. The zero-order valence-corrected chi connectivity index (χ0v) is 11.0. The summed E-state index contributed by atoms with van der Waals surface area (Å²) in [6.45, 7) is 7.65. The number of nitrogens with one attached hydrogen (secondary N) is 1. The number of alkyl halides is 3. The Morgan fingerprint density at radius 2 is 1.65 bits per heavy atom. The van der Waals surface area contributed by atoms with Gasteiger partial charge in [-0.3, -0.25) is 0 Å². The molecular formula is C12H25F3N2. The lowest BCUT2D eigenvalue weighted by molar-refractivity contribution is -0.135. The van der Waals surface area contributed by atoms with Crippen molar-refractivity contribution in [3.05, 3.63) is 0 Å². The Kier molecular flexibility index (Phi) is 7.09. The van der Waals surface area contributed by atoms with Crippen molar-refractivity contribution < 1.29 is 13.2 Å². The van der Waals surface area contributed by atoms with Crippen molar-refractivity contribution in [1.29, 1.82) is 0 Å². The molecule has 0 aliphatic heterocycles. The van der Waals surface area contributed by atoms with Gasteiger partial charge >= 0.3 is 6.18 Å². The summed E-state index contributed by atoms with van der Waals surface area (Å²) in [4.78, 5) is 0. The van der Waals surface area contributed by atoms with Gasteiger partial charge in [0, 0.05) is 12.5 Å². The number of halogens is 3. The van der Waals surface area contributed by atoms with E-state index in [0.29, 0.717) is 13.0 Å². The number of nitrogens with two attached hydrogens (primary N) is 1. The number of rotatable bonds is 7. The van der Waals surface area contributed by atoms with Crippen molar-refractivity contribution in [2.75, 3.05) is 13.1 Å². The standard InChI is InChI=1S/C12H25F3N2/c1-11(2,3)10(16)6-9-17-8-5-4-7-12(13,14)15/h10,17H,4-9,16H2,1-3H3. The minimum atomic E-state index is -4.02. The Morgan fingerprint density at radius 3 is 2.12 bits per heavy atom. The van der Waals surface area contributed by atoms with E-state index >= 15 is 0 Å². The van der Waals surface area contributed by atoms with Crippen LogP contribution in [-0.2, 0) is 0 Å². The molecule has 0 saturated heterocycles. The fraction of sp³-hybridized carbons (Fsp3) is 1.00. The highest BCUT2D eigenvalue weighted by Gasteiger charge is 2.25. The van der Waals surface area contributed by atoms with Gasteiger partial charge in [0.25, 0.3) is 0 Å². The van der Waals surface area contributed by atoms with Crippen LogP contribution in [0.1, 0.15) is 46.5 Å². The molecule has 0 aromatic carbocycles. The van der Waals surface area contributed by atoms with Crippen LogP contribution in [0.5, 0.6) is 0 Å². The van der Waals surface area contributed by atoms with E-state index in [-0.39, 0.29) is 17.9 Å². The number of unbranched alkanes of at least 4 members (excludes halogenated alkanes) is 1. The monoisotopic (exact) mass is 254 g/mol. The molecular weight excluding hydrogens is 229 g/mol. The molecule has 104 valence electrons. The topological polar surface area (TPSA) is 38.0 Å². The number of hydrogen-bond acceptors (Lipinski definition) is 2. The molecule has 17 heavy (non-hydrogen) atoms. The van der Waals surface area contributed by atoms with Crippen molar-refractivity contribution in [3.8, 4) is 0 Å². The van der Waals surface area contributed by atoms with E-state index in [9.17, 15) is 13.2 Å². The quantitative estimate of drug-likeness (QED) is 0.685. The van der Waals surface area contributed by atoms with Gasteiger partial charge in [0.2, 0.25) is 0 Å². The van der Waals surface area contributed by atoms with Gasteiger partial charge in [-0.2, -0.15) is 13.2 Å². The largest absolute Gasteiger partial charge is 0.389 e. The molecule has 0 aliphatic carbocycles. The van der Waals surface area contributed by atoms with Crippen LogP contribution in [0.4, 0.5) is 13.2 Å². The predicted octanol–water partition coefficient (Wildman–Crippen LogP) is 3.07. The van der Waals surface area contributed by atoms with Gasteiger partial charge in [0.15, 0.2) is 0 Å². The molecule has 0 radical (unpaired) electrons. The second kappa shape index (κ2) is 7.21. The van der Waals surface area contributed by atoms with Crippen LogP contribution in [0.3, 0.4) is 0 Å². The van der Waals surface area contributed by atoms with Gasteiger partial charge in [0.1, 0.15) is 0 Å². The number of hydrogen-bond donors (Lipinski definition) is 2. The van der Waals surface area contributed by atoms with E-state index in [1.165, 1.54) is 0 Å². The summed E-state index contributed by atoms with van der Waals surface area (Å²) in [6, 6.07) is 0.116. The lowest BCUT2D eigenvalue weighted by atomic mass is 9.85. The third-order valence-corrected chi connectivity index (χ3v) is 2.81. The van der Waals surface area contributed by atoms with Crippen LogP contribution >= 0.6 is 0 Å². The molecule has 3 N–H and O–H groups in total. The van der Waals surface area contributed by atoms with Crippen LogP contribution < -0.4 is 11.1 Å². The van der Waals surface area contributed by atoms with Crippen LogP contribution in [-0.4, -0.2) is 25.3 Å². The Bertz CT molecular complexity index is 197. The van der Waals surface area contributed by atoms with E-state index in [1.807, 2.05) is 0 Å². The molecule has 2 nitrogen and oxygen atoms in total. The molecule has 0 spiro atoms. The molecule has 1 atom stereocenters. The van der Waals surface area contributed by atoms with Gasteiger partial charge in [-0.25, -0.2) is 0 Å². The molecule has 0 aromatic heterocycles. The Morgan fingerprint density at radius 1 is 1.06 bits per heavy atom. The minimum absolute atomic E-state index is 0.0813. The van der Waals surface area contributed by atoms with Crippen molar-refractivity contribution in [3.63, 3.8) is 0 Å². The van der Waals surface area contributed by atoms with E-state index in [0.717, 1.165) is 13.0 Å². The maximum atomic E-state index is 11.8. The molecule has 0 heterocycles. The first-order chi connectivity index (χ1) is 7.63.